The van der Waals surface area contributed by atoms with Gasteiger partial charge in [0.1, 0.15) is 5.56 Å². The molecule has 0 aliphatic rings. The Morgan fingerprint density at radius 3 is 1.47 bits per heavy atom. The van der Waals surface area contributed by atoms with Crippen molar-refractivity contribution in [1.82, 2.24) is 9.13 Å². The minimum absolute atomic E-state index is 0.0912. The third-order valence-corrected chi connectivity index (χ3v) is 11.3. The molecule has 8 aromatic carbocycles. The molecule has 0 spiro atoms. The molecule has 0 N–H and O–H groups in total. The number of nitrogens with zero attached hydrogens (tertiary/aromatic N) is 5. The van der Waals surface area contributed by atoms with E-state index in [2.05, 4.69) is 18.2 Å². The number of hydrogen-bond donors (Lipinski definition) is 0. The normalized spacial score (nSPS) is 11.5. The van der Waals surface area contributed by atoms with Crippen LogP contribution in [0.15, 0.2) is 170 Å². The Balaban J connectivity index is 1.38. The zero-order valence-electron chi connectivity index (χ0n) is 31.5. The van der Waals surface area contributed by atoms with Gasteiger partial charge in [-0.25, -0.2) is 0 Å². The van der Waals surface area contributed by atoms with Crippen molar-refractivity contribution in [2.24, 2.45) is 0 Å². The zero-order chi connectivity index (χ0) is 41.1. The topological polar surface area (TPSA) is 81.2 Å². The van der Waals surface area contributed by atoms with Crippen molar-refractivity contribution < 1.29 is 13.2 Å². The first kappa shape index (κ1) is 36.0. The van der Waals surface area contributed by atoms with Crippen LogP contribution in [0.3, 0.4) is 0 Å². The predicted molar refractivity (Wildman–Crippen MR) is 231 cm³/mol. The van der Waals surface area contributed by atoms with Gasteiger partial charge in [-0.2, -0.15) is 29.0 Å². The van der Waals surface area contributed by atoms with Crippen molar-refractivity contribution in [1.29, 1.82) is 15.8 Å². The van der Waals surface area contributed by atoms with Crippen LogP contribution in [-0.2, 0) is 6.18 Å². The summed E-state index contributed by atoms with van der Waals surface area (Å²) >= 11 is 0. The van der Waals surface area contributed by atoms with Crippen LogP contribution in [0.5, 0.6) is 0 Å². The second-order valence-electron chi connectivity index (χ2n) is 14.5. The Bertz CT molecular complexity index is 3530. The summed E-state index contributed by atoms with van der Waals surface area (Å²) in [6.45, 7) is 0. The van der Waals surface area contributed by atoms with Crippen LogP contribution in [0.4, 0.5) is 13.2 Å². The van der Waals surface area contributed by atoms with Gasteiger partial charge in [0, 0.05) is 27.1 Å². The molecule has 0 aliphatic carbocycles. The number of aromatic nitrogens is 2. The number of rotatable bonds is 5. The molecule has 0 atom stereocenters. The Hall–Kier alpha value is -8.38. The second kappa shape index (κ2) is 13.9. The summed E-state index contributed by atoms with van der Waals surface area (Å²) in [5.74, 6) is 0. The molecule has 0 aliphatic heterocycles. The van der Waals surface area contributed by atoms with E-state index in [1.54, 1.807) is 63.7 Å². The standard InChI is InChI=1S/C52H28F3N5/c53-52(54,55)50-47(59-45-18-7-5-16-41(45)43-22-20-34(27-48(43)59)38-14-3-1-11-36(38)30-57)25-24-40(33-13-9-10-32(26-33)29-56)51(50)60-46-19-8-6-17-42(46)44-23-21-35(28-49(44)60)39-15-4-2-12-37(39)31-58/h1-28H. The van der Waals surface area contributed by atoms with Crippen molar-refractivity contribution >= 4 is 43.6 Å². The number of halogens is 3. The van der Waals surface area contributed by atoms with Crippen LogP contribution in [0.1, 0.15) is 22.3 Å². The van der Waals surface area contributed by atoms with Gasteiger partial charge in [-0.1, -0.05) is 115 Å². The summed E-state index contributed by atoms with van der Waals surface area (Å²) in [5.41, 5.74) is 5.70. The fraction of sp³-hybridized carbons (Fsp3) is 0.0192. The van der Waals surface area contributed by atoms with Crippen molar-refractivity contribution in [2.75, 3.05) is 0 Å². The molecule has 60 heavy (non-hydrogen) atoms. The third-order valence-electron chi connectivity index (χ3n) is 11.3. The van der Waals surface area contributed by atoms with E-state index in [4.69, 9.17) is 0 Å². The van der Waals surface area contributed by atoms with E-state index in [1.165, 1.54) is 6.07 Å². The Morgan fingerprint density at radius 1 is 0.400 bits per heavy atom. The maximum Gasteiger partial charge on any atom is 0.420 e. The molecule has 0 fully saturated rings. The molecule has 0 bridgehead atoms. The first-order valence-corrected chi connectivity index (χ1v) is 19.1. The molecule has 0 unspecified atom stereocenters. The van der Waals surface area contributed by atoms with Gasteiger partial charge in [0.15, 0.2) is 0 Å². The summed E-state index contributed by atoms with van der Waals surface area (Å²) in [6.07, 6.45) is -4.92. The fourth-order valence-electron chi connectivity index (χ4n) is 8.71. The Kier molecular flexibility index (Phi) is 8.35. The van der Waals surface area contributed by atoms with Crippen LogP contribution in [-0.4, -0.2) is 9.13 Å². The molecule has 0 saturated heterocycles. The molecule has 10 rings (SSSR count). The first-order valence-electron chi connectivity index (χ1n) is 19.1. The monoisotopic (exact) mass is 779 g/mol. The molecule has 8 heteroatoms. The molecule has 0 radical (unpaired) electrons. The lowest BCUT2D eigenvalue weighted by atomic mass is 9.95. The van der Waals surface area contributed by atoms with Gasteiger partial charge in [0.2, 0.25) is 0 Å². The van der Waals surface area contributed by atoms with E-state index in [-0.39, 0.29) is 16.9 Å². The van der Waals surface area contributed by atoms with Gasteiger partial charge in [0.25, 0.3) is 0 Å². The van der Waals surface area contributed by atoms with Crippen LogP contribution in [0.25, 0.3) is 88.4 Å². The number of hydrogen-bond acceptors (Lipinski definition) is 3. The quantitative estimate of drug-likeness (QED) is 0.174. The van der Waals surface area contributed by atoms with Crippen molar-refractivity contribution in [3.63, 3.8) is 0 Å². The van der Waals surface area contributed by atoms with Gasteiger partial charge in [-0.05, 0) is 82.4 Å². The molecular weight excluding hydrogens is 752 g/mol. The Morgan fingerprint density at radius 2 is 0.900 bits per heavy atom. The maximum absolute atomic E-state index is 16.7. The zero-order valence-corrected chi connectivity index (χ0v) is 31.5. The molecule has 0 amide bonds. The summed E-state index contributed by atoms with van der Waals surface area (Å²) in [5, 5.41) is 33.0. The SMILES string of the molecule is N#Cc1cccc(-c2ccc(-n3c4ccccc4c4ccc(-c5ccccc5C#N)cc43)c(C(F)(F)F)c2-n2c3ccccc3c3ccc(-c4ccccc4C#N)cc32)c1. The van der Waals surface area contributed by atoms with Crippen LogP contribution >= 0.6 is 0 Å². The van der Waals surface area contributed by atoms with Gasteiger partial charge >= 0.3 is 6.18 Å². The highest BCUT2D eigenvalue weighted by Crippen LogP contribution is 2.48. The molecule has 282 valence electrons. The third kappa shape index (κ3) is 5.61. The van der Waals surface area contributed by atoms with Crippen LogP contribution in [0.2, 0.25) is 0 Å². The van der Waals surface area contributed by atoms with Gasteiger partial charge < -0.3 is 9.13 Å². The average Bonchev–Trinajstić information content (AvgIpc) is 3.80. The Labute approximate surface area is 341 Å². The molecule has 5 nitrogen and oxygen atoms in total. The van der Waals surface area contributed by atoms with E-state index < -0.39 is 11.7 Å². The average molecular weight is 780 g/mol. The van der Waals surface area contributed by atoms with E-state index in [0.717, 1.165) is 21.5 Å². The number of para-hydroxylation sites is 2. The van der Waals surface area contributed by atoms with E-state index >= 15 is 13.2 Å². The number of alkyl halides is 3. The number of nitriles is 3. The maximum atomic E-state index is 16.7. The highest BCUT2D eigenvalue weighted by atomic mass is 19.4. The van der Waals surface area contributed by atoms with Crippen molar-refractivity contribution in [2.45, 2.75) is 6.18 Å². The lowest BCUT2D eigenvalue weighted by Crippen LogP contribution is -2.17. The summed E-state index contributed by atoms with van der Waals surface area (Å²) < 4.78 is 53.4. The number of fused-ring (bicyclic) bond motifs is 6. The van der Waals surface area contributed by atoms with Gasteiger partial charge in [0.05, 0.1) is 68.3 Å². The molecule has 2 heterocycles. The summed E-state index contributed by atoms with van der Waals surface area (Å²) in [6, 6.07) is 57.0. The molecule has 2 aromatic heterocycles. The van der Waals surface area contributed by atoms with E-state index in [1.807, 2.05) is 109 Å². The highest BCUT2D eigenvalue weighted by molar-refractivity contribution is 6.12. The van der Waals surface area contributed by atoms with Gasteiger partial charge in [-0.3, -0.25) is 0 Å². The number of benzene rings is 8. The molecular formula is C52H28F3N5. The van der Waals surface area contributed by atoms with Gasteiger partial charge in [-0.15, -0.1) is 0 Å². The van der Waals surface area contributed by atoms with Crippen LogP contribution < -0.4 is 0 Å². The van der Waals surface area contributed by atoms with Crippen molar-refractivity contribution in [3.8, 4) is 63.0 Å². The lowest BCUT2D eigenvalue weighted by molar-refractivity contribution is -0.137. The predicted octanol–water partition coefficient (Wildman–Crippen LogP) is 13.5. The van der Waals surface area contributed by atoms with E-state index in [9.17, 15) is 15.8 Å². The minimum Gasteiger partial charge on any atom is -0.309 e. The highest BCUT2D eigenvalue weighted by Gasteiger charge is 2.40. The largest absolute Gasteiger partial charge is 0.420 e. The lowest BCUT2D eigenvalue weighted by Gasteiger charge is -2.24. The second-order valence-corrected chi connectivity index (χ2v) is 14.5. The fourth-order valence-corrected chi connectivity index (χ4v) is 8.71. The summed E-state index contributed by atoms with van der Waals surface area (Å²) in [7, 11) is 0. The minimum atomic E-state index is -4.92. The smallest absolute Gasteiger partial charge is 0.309 e. The van der Waals surface area contributed by atoms with E-state index in [0.29, 0.717) is 66.6 Å². The van der Waals surface area contributed by atoms with Crippen LogP contribution in [0, 0.1) is 34.0 Å². The summed E-state index contributed by atoms with van der Waals surface area (Å²) in [4.78, 5) is 0. The molecule has 0 saturated carbocycles. The first-order chi connectivity index (χ1) is 29.3. The molecule has 10 aromatic rings. The van der Waals surface area contributed by atoms with Crippen molar-refractivity contribution in [3.05, 3.63) is 192 Å².